The monoisotopic (exact) mass is 511 g/mol. The van der Waals surface area contributed by atoms with Gasteiger partial charge in [-0.1, -0.05) is 75.7 Å². The Balaban J connectivity index is 1.94. The summed E-state index contributed by atoms with van der Waals surface area (Å²) >= 11 is 50.7. The second kappa shape index (κ2) is 5.73. The Labute approximate surface area is 188 Å². The molecule has 1 saturated carbocycles. The molecule has 2 aliphatic carbocycles. The van der Waals surface area contributed by atoms with Crippen LogP contribution in [-0.2, 0) is 9.59 Å². The van der Waals surface area contributed by atoms with Gasteiger partial charge in [-0.25, -0.2) is 4.90 Å². The minimum atomic E-state index is -1.97. The van der Waals surface area contributed by atoms with E-state index in [1.165, 1.54) is 12.1 Å². The van der Waals surface area contributed by atoms with Crippen molar-refractivity contribution in [1.29, 1.82) is 0 Å². The largest absolute Gasteiger partial charge is 0.274 e. The molecule has 2 fully saturated rings. The lowest BCUT2D eigenvalue weighted by Crippen LogP contribution is -2.50. The molecule has 1 aliphatic heterocycles. The zero-order valence-electron chi connectivity index (χ0n) is 12.2. The highest BCUT2D eigenvalue weighted by molar-refractivity contribution is 6.67. The summed E-state index contributed by atoms with van der Waals surface area (Å²) in [5.74, 6) is -3.80. The van der Waals surface area contributed by atoms with Gasteiger partial charge in [-0.3, -0.25) is 9.59 Å². The van der Waals surface area contributed by atoms with Gasteiger partial charge >= 0.3 is 0 Å². The molecule has 1 saturated heterocycles. The molecule has 2 amide bonds. The molecule has 0 spiro atoms. The van der Waals surface area contributed by atoms with Crippen LogP contribution in [-0.4, -0.2) is 25.9 Å². The van der Waals surface area contributed by atoms with Crippen molar-refractivity contribution in [3.63, 3.8) is 0 Å². The number of hydrogen-bond donors (Lipinski definition) is 0. The molecule has 3 aliphatic rings. The molecule has 1 aromatic rings. The maximum Gasteiger partial charge on any atom is 0.240 e. The number of allylic oxidation sites excluding steroid dienone is 2. The molecule has 0 N–H and O–H groups in total. The summed E-state index contributed by atoms with van der Waals surface area (Å²) in [6.07, 6.45) is 0. The van der Waals surface area contributed by atoms with E-state index < -0.39 is 37.7 Å². The van der Waals surface area contributed by atoms with Crippen LogP contribution in [0, 0.1) is 11.8 Å². The van der Waals surface area contributed by atoms with Crippen molar-refractivity contribution < 1.29 is 9.59 Å². The van der Waals surface area contributed by atoms with Gasteiger partial charge in [0.1, 0.15) is 9.75 Å². The van der Waals surface area contributed by atoms with Gasteiger partial charge < -0.3 is 0 Å². The molecule has 26 heavy (non-hydrogen) atoms. The van der Waals surface area contributed by atoms with E-state index in [0.717, 1.165) is 4.90 Å². The number of amides is 2. The number of alkyl halides is 4. The van der Waals surface area contributed by atoms with Gasteiger partial charge in [-0.2, -0.15) is 0 Å². The number of halogens is 8. The topological polar surface area (TPSA) is 37.4 Å². The molecular weight excluding hydrogens is 510 g/mol. The predicted molar refractivity (Wildman–Crippen MR) is 106 cm³/mol. The van der Waals surface area contributed by atoms with Gasteiger partial charge in [0.05, 0.1) is 37.6 Å². The number of carbonyl (C=O) groups is 2. The number of carbonyl (C=O) groups excluding carboxylic acids is 2. The second-order valence-electron chi connectivity index (χ2n) is 6.17. The van der Waals surface area contributed by atoms with Crippen LogP contribution in [0.3, 0.4) is 0 Å². The summed E-state index contributed by atoms with van der Waals surface area (Å²) in [7, 11) is 0. The fourth-order valence-electron chi connectivity index (χ4n) is 3.90. The highest BCUT2D eigenvalue weighted by atomic mass is 35.5. The van der Waals surface area contributed by atoms with E-state index in [-0.39, 0.29) is 25.8 Å². The van der Waals surface area contributed by atoms with E-state index >= 15 is 0 Å². The second-order valence-corrected chi connectivity index (χ2v) is 10.2. The molecule has 138 valence electrons. The van der Waals surface area contributed by atoms with Crippen LogP contribution >= 0.6 is 92.8 Å². The third-order valence-corrected chi connectivity index (χ3v) is 10.1. The summed E-state index contributed by atoms with van der Waals surface area (Å²) < 4.78 is -1.97. The molecule has 11 heteroatoms. The number of fused-ring (bicyclic) bond motifs is 5. The average Bonchev–Trinajstić information content (AvgIpc) is 2.95. The number of imide groups is 1. The summed E-state index contributed by atoms with van der Waals surface area (Å²) in [6, 6.07) is 4.54. The van der Waals surface area contributed by atoms with Crippen molar-refractivity contribution in [1.82, 2.24) is 0 Å². The zero-order valence-corrected chi connectivity index (χ0v) is 18.2. The lowest BCUT2D eigenvalue weighted by atomic mass is 9.84. The molecule has 2 bridgehead atoms. The standard InChI is InChI=1S/C15H5Cl8NO2/c16-4-2-1-3-5(8(4)17)24-11(25)6-7(12(24)26)14(21)10(19)9(18)13(6,20)15(14,22)23/h1-3,6-7H/t6-,7-,13-,14-/m1/s1. The number of nitrogens with zero attached hydrogens (tertiary/aromatic N) is 1. The van der Waals surface area contributed by atoms with Crippen molar-refractivity contribution in [3.05, 3.63) is 38.3 Å². The van der Waals surface area contributed by atoms with Crippen molar-refractivity contribution in [2.75, 3.05) is 4.90 Å². The zero-order chi connectivity index (χ0) is 19.4. The van der Waals surface area contributed by atoms with Gasteiger partial charge in [0.25, 0.3) is 0 Å². The van der Waals surface area contributed by atoms with E-state index in [9.17, 15) is 9.59 Å². The first-order valence-corrected chi connectivity index (χ1v) is 10.1. The SMILES string of the molecule is O=C1[C@H]2[C@H](C(=O)N1c1cccc(Cl)c1Cl)[C@@]1(Cl)C(Cl)=C(Cl)[C@@]2(Cl)C1(Cl)Cl. The van der Waals surface area contributed by atoms with Gasteiger partial charge in [-0.05, 0) is 12.1 Å². The van der Waals surface area contributed by atoms with Crippen LogP contribution in [0.4, 0.5) is 5.69 Å². The number of hydrogen-bond acceptors (Lipinski definition) is 2. The summed E-state index contributed by atoms with van der Waals surface area (Å²) in [5, 5.41) is -0.0997. The van der Waals surface area contributed by atoms with Crippen molar-refractivity contribution in [2.45, 2.75) is 14.1 Å². The first-order chi connectivity index (χ1) is 11.9. The van der Waals surface area contributed by atoms with Crippen LogP contribution in [0.25, 0.3) is 0 Å². The van der Waals surface area contributed by atoms with Gasteiger partial charge in [0, 0.05) is 0 Å². The van der Waals surface area contributed by atoms with E-state index in [4.69, 9.17) is 92.8 Å². The Kier molecular flexibility index (Phi) is 4.35. The molecule has 1 heterocycles. The Morgan fingerprint density at radius 3 is 1.73 bits per heavy atom. The van der Waals surface area contributed by atoms with Crippen LogP contribution < -0.4 is 4.90 Å². The minimum absolute atomic E-state index is 0.0311. The molecule has 4 atom stereocenters. The highest BCUT2D eigenvalue weighted by Crippen LogP contribution is 2.77. The maximum atomic E-state index is 13.2. The van der Waals surface area contributed by atoms with Gasteiger partial charge in [0.2, 0.25) is 11.8 Å². The Bertz CT molecular complexity index is 884. The molecular formula is C15H5Cl8NO2. The fourth-order valence-corrected chi connectivity index (χ4v) is 7.21. The third-order valence-electron chi connectivity index (χ3n) is 5.08. The fraction of sp³-hybridized carbons (Fsp3) is 0.333. The van der Waals surface area contributed by atoms with Gasteiger partial charge in [0.15, 0.2) is 4.33 Å². The average molecular weight is 515 g/mol. The van der Waals surface area contributed by atoms with Crippen LogP contribution in [0.15, 0.2) is 28.3 Å². The number of benzene rings is 1. The van der Waals surface area contributed by atoms with E-state index in [2.05, 4.69) is 0 Å². The molecule has 0 unspecified atom stereocenters. The molecule has 0 aromatic heterocycles. The first kappa shape index (κ1) is 19.7. The van der Waals surface area contributed by atoms with Crippen LogP contribution in [0.5, 0.6) is 0 Å². The minimum Gasteiger partial charge on any atom is -0.274 e. The van der Waals surface area contributed by atoms with Crippen molar-refractivity contribution in [2.24, 2.45) is 11.8 Å². The molecule has 0 radical (unpaired) electrons. The first-order valence-electron chi connectivity index (χ1n) is 7.07. The van der Waals surface area contributed by atoms with Crippen molar-refractivity contribution >= 4 is 110 Å². The van der Waals surface area contributed by atoms with E-state index in [0.29, 0.717) is 0 Å². The molecule has 1 aromatic carbocycles. The van der Waals surface area contributed by atoms with Crippen LogP contribution in [0.1, 0.15) is 0 Å². The molecule has 3 nitrogen and oxygen atoms in total. The number of rotatable bonds is 1. The molecule has 4 rings (SSSR count). The summed E-state index contributed by atoms with van der Waals surface area (Å²) in [4.78, 5) is 23.5. The predicted octanol–water partition coefficient (Wildman–Crippen LogP) is 5.94. The third kappa shape index (κ3) is 1.88. The Morgan fingerprint density at radius 2 is 1.27 bits per heavy atom. The lowest BCUT2D eigenvalue weighted by Gasteiger charge is -2.34. The highest BCUT2D eigenvalue weighted by Gasteiger charge is 2.87. The Morgan fingerprint density at radius 1 is 0.808 bits per heavy atom. The Hall–Kier alpha value is 0.420. The quantitative estimate of drug-likeness (QED) is 0.343. The number of anilines is 1. The lowest BCUT2D eigenvalue weighted by molar-refractivity contribution is -0.123. The van der Waals surface area contributed by atoms with E-state index in [1.807, 2.05) is 0 Å². The summed E-state index contributed by atoms with van der Waals surface area (Å²) in [5.41, 5.74) is 0.102. The maximum absolute atomic E-state index is 13.2. The van der Waals surface area contributed by atoms with E-state index in [1.54, 1.807) is 6.07 Å². The normalized spacial score (nSPS) is 37.8. The van der Waals surface area contributed by atoms with Crippen molar-refractivity contribution in [3.8, 4) is 0 Å². The smallest absolute Gasteiger partial charge is 0.240 e. The van der Waals surface area contributed by atoms with Gasteiger partial charge in [-0.15, -0.1) is 23.2 Å². The summed E-state index contributed by atoms with van der Waals surface area (Å²) in [6.45, 7) is 0. The van der Waals surface area contributed by atoms with Crippen LogP contribution in [0.2, 0.25) is 10.0 Å².